The van der Waals surface area contributed by atoms with Crippen molar-refractivity contribution >= 4 is 11.0 Å². The van der Waals surface area contributed by atoms with E-state index in [1.807, 2.05) is 0 Å². The summed E-state index contributed by atoms with van der Waals surface area (Å²) in [4.78, 5) is 1.35. The maximum atomic E-state index is 9.69. The summed E-state index contributed by atoms with van der Waals surface area (Å²) in [5.74, 6) is 0.249. The molecule has 3 aromatic rings. The van der Waals surface area contributed by atoms with E-state index in [1.54, 1.807) is 36.4 Å². The third-order valence-electron chi connectivity index (χ3n) is 2.46. The number of aromatic hydroxyl groups is 2. The Hall–Kier alpha value is -2.56. The summed E-state index contributed by atoms with van der Waals surface area (Å²) < 4.78 is 0. The third-order valence-corrected chi connectivity index (χ3v) is 2.46. The van der Waals surface area contributed by atoms with Crippen LogP contribution in [0.2, 0.25) is 0 Å². The van der Waals surface area contributed by atoms with Gasteiger partial charge in [0.1, 0.15) is 28.2 Å². The van der Waals surface area contributed by atoms with E-state index in [9.17, 15) is 10.2 Å². The highest BCUT2D eigenvalue weighted by Crippen LogP contribution is 2.22. The van der Waals surface area contributed by atoms with E-state index in [0.717, 1.165) is 0 Å². The zero-order valence-corrected chi connectivity index (χ0v) is 8.78. The predicted molar refractivity (Wildman–Crippen MR) is 62.2 cm³/mol. The van der Waals surface area contributed by atoms with Crippen LogP contribution in [-0.4, -0.2) is 25.2 Å². The van der Waals surface area contributed by atoms with E-state index in [2.05, 4.69) is 10.2 Å². The van der Waals surface area contributed by atoms with Gasteiger partial charge in [0, 0.05) is 6.07 Å². The molecule has 0 amide bonds. The molecule has 0 saturated heterocycles. The van der Waals surface area contributed by atoms with E-state index in [0.29, 0.717) is 16.7 Å². The van der Waals surface area contributed by atoms with Crippen LogP contribution in [0.25, 0.3) is 16.7 Å². The average molecular weight is 227 g/mol. The Morgan fingerprint density at radius 3 is 2.47 bits per heavy atom. The first-order valence-corrected chi connectivity index (χ1v) is 5.08. The summed E-state index contributed by atoms with van der Waals surface area (Å²) in [5, 5.41) is 27.4. The van der Waals surface area contributed by atoms with Crippen molar-refractivity contribution in [2.24, 2.45) is 0 Å². The predicted octanol–water partition coefficient (Wildman–Crippen LogP) is 1.83. The summed E-state index contributed by atoms with van der Waals surface area (Å²) in [6.45, 7) is 0. The van der Waals surface area contributed by atoms with Crippen molar-refractivity contribution < 1.29 is 10.2 Å². The van der Waals surface area contributed by atoms with Gasteiger partial charge in [-0.25, -0.2) is 0 Å². The van der Waals surface area contributed by atoms with Gasteiger partial charge in [0.25, 0.3) is 0 Å². The molecule has 0 aliphatic rings. The minimum Gasteiger partial charge on any atom is -0.508 e. The minimum atomic E-state index is 0.108. The zero-order chi connectivity index (χ0) is 11.8. The molecule has 0 aliphatic heterocycles. The lowest BCUT2D eigenvalue weighted by atomic mass is 10.3. The number of hydrogen-bond acceptors (Lipinski definition) is 4. The number of nitrogens with zero attached hydrogens (tertiary/aromatic N) is 3. The SMILES string of the molecule is Oc1ccc2nn(-c3ccccc3O)nc2c1. The van der Waals surface area contributed by atoms with E-state index < -0.39 is 0 Å². The first kappa shape index (κ1) is 9.65. The monoisotopic (exact) mass is 227 g/mol. The van der Waals surface area contributed by atoms with Crippen LogP contribution in [0.15, 0.2) is 42.5 Å². The number of phenolic OH excluding ortho intramolecular Hbond substituents is 2. The van der Waals surface area contributed by atoms with Gasteiger partial charge in [-0.05, 0) is 24.3 Å². The number of aromatic nitrogens is 3. The summed E-state index contributed by atoms with van der Waals surface area (Å²) in [6, 6.07) is 11.6. The van der Waals surface area contributed by atoms with E-state index in [1.165, 1.54) is 10.9 Å². The van der Waals surface area contributed by atoms with Crippen molar-refractivity contribution in [3.63, 3.8) is 0 Å². The van der Waals surface area contributed by atoms with Crippen LogP contribution < -0.4 is 0 Å². The highest BCUT2D eigenvalue weighted by atomic mass is 16.3. The molecule has 0 radical (unpaired) electrons. The number of fused-ring (bicyclic) bond motifs is 1. The smallest absolute Gasteiger partial charge is 0.143 e. The topological polar surface area (TPSA) is 71.2 Å². The van der Waals surface area contributed by atoms with Gasteiger partial charge in [-0.1, -0.05) is 12.1 Å². The van der Waals surface area contributed by atoms with Gasteiger partial charge in [0.05, 0.1) is 0 Å². The largest absolute Gasteiger partial charge is 0.508 e. The van der Waals surface area contributed by atoms with Crippen molar-refractivity contribution in [3.05, 3.63) is 42.5 Å². The fourth-order valence-electron chi connectivity index (χ4n) is 1.64. The molecule has 5 heteroatoms. The van der Waals surface area contributed by atoms with E-state index in [4.69, 9.17) is 0 Å². The number of benzene rings is 2. The Labute approximate surface area is 96.6 Å². The van der Waals surface area contributed by atoms with Crippen LogP contribution in [0.3, 0.4) is 0 Å². The van der Waals surface area contributed by atoms with Gasteiger partial charge in [-0.3, -0.25) is 0 Å². The lowest BCUT2D eigenvalue weighted by Gasteiger charge is -2.00. The molecule has 3 rings (SSSR count). The average Bonchev–Trinajstić information content (AvgIpc) is 2.72. The maximum absolute atomic E-state index is 9.69. The van der Waals surface area contributed by atoms with E-state index >= 15 is 0 Å². The summed E-state index contributed by atoms with van der Waals surface area (Å²) >= 11 is 0. The van der Waals surface area contributed by atoms with Gasteiger partial charge in [-0.15, -0.1) is 15.0 Å². The molecule has 84 valence electrons. The molecule has 0 bridgehead atoms. The minimum absolute atomic E-state index is 0.108. The van der Waals surface area contributed by atoms with Crippen molar-refractivity contribution in [1.29, 1.82) is 0 Å². The molecule has 0 atom stereocenters. The van der Waals surface area contributed by atoms with E-state index in [-0.39, 0.29) is 11.5 Å². The molecule has 1 heterocycles. The van der Waals surface area contributed by atoms with Gasteiger partial charge in [0.2, 0.25) is 0 Å². The van der Waals surface area contributed by atoms with Gasteiger partial charge < -0.3 is 10.2 Å². The molecule has 2 aromatic carbocycles. The molecular weight excluding hydrogens is 218 g/mol. The second-order valence-electron chi connectivity index (χ2n) is 3.65. The van der Waals surface area contributed by atoms with Gasteiger partial charge in [-0.2, -0.15) is 0 Å². The van der Waals surface area contributed by atoms with Gasteiger partial charge in [0.15, 0.2) is 0 Å². The maximum Gasteiger partial charge on any atom is 0.143 e. The second kappa shape index (κ2) is 3.48. The molecule has 17 heavy (non-hydrogen) atoms. The fraction of sp³-hybridized carbons (Fsp3) is 0. The molecule has 5 nitrogen and oxygen atoms in total. The molecule has 1 aromatic heterocycles. The summed E-state index contributed by atoms with van der Waals surface area (Å²) in [7, 11) is 0. The Kier molecular flexibility index (Phi) is 1.98. The quantitative estimate of drug-likeness (QED) is 0.665. The Bertz CT molecular complexity index is 691. The molecule has 0 fully saturated rings. The molecule has 2 N–H and O–H groups in total. The van der Waals surface area contributed by atoms with Gasteiger partial charge >= 0.3 is 0 Å². The second-order valence-corrected chi connectivity index (χ2v) is 3.65. The van der Waals surface area contributed by atoms with Crippen molar-refractivity contribution in [1.82, 2.24) is 15.0 Å². The molecular formula is C12H9N3O2. The Morgan fingerprint density at radius 1 is 0.882 bits per heavy atom. The van der Waals surface area contributed by atoms with Crippen molar-refractivity contribution in [3.8, 4) is 17.2 Å². The number of hydrogen-bond donors (Lipinski definition) is 2. The lowest BCUT2D eigenvalue weighted by Crippen LogP contribution is -1.98. The number of rotatable bonds is 1. The molecule has 0 spiro atoms. The molecule has 0 saturated carbocycles. The Balaban J connectivity index is 2.22. The highest BCUT2D eigenvalue weighted by molar-refractivity contribution is 5.75. The standard InChI is InChI=1S/C12H9N3O2/c16-8-5-6-9-10(7-8)14-15(13-9)11-3-1-2-4-12(11)17/h1-7,16-17H. The molecule has 0 aliphatic carbocycles. The Morgan fingerprint density at radius 2 is 1.65 bits per heavy atom. The summed E-state index contributed by atoms with van der Waals surface area (Å²) in [6.07, 6.45) is 0. The normalized spacial score (nSPS) is 10.8. The van der Waals surface area contributed by atoms with Crippen LogP contribution >= 0.6 is 0 Å². The first-order valence-electron chi connectivity index (χ1n) is 5.08. The zero-order valence-electron chi connectivity index (χ0n) is 8.78. The highest BCUT2D eigenvalue weighted by Gasteiger charge is 2.08. The van der Waals surface area contributed by atoms with Crippen molar-refractivity contribution in [2.75, 3.05) is 0 Å². The number of phenols is 2. The van der Waals surface area contributed by atoms with Crippen LogP contribution in [0.5, 0.6) is 11.5 Å². The third kappa shape index (κ3) is 1.57. The number of para-hydroxylation sites is 2. The van der Waals surface area contributed by atoms with Crippen LogP contribution in [0.4, 0.5) is 0 Å². The van der Waals surface area contributed by atoms with Crippen LogP contribution in [0.1, 0.15) is 0 Å². The van der Waals surface area contributed by atoms with Crippen molar-refractivity contribution in [2.45, 2.75) is 0 Å². The van der Waals surface area contributed by atoms with Crippen LogP contribution in [0, 0.1) is 0 Å². The first-order chi connectivity index (χ1) is 8.24. The fourth-order valence-corrected chi connectivity index (χ4v) is 1.64. The van der Waals surface area contributed by atoms with Crippen LogP contribution in [-0.2, 0) is 0 Å². The summed E-state index contributed by atoms with van der Waals surface area (Å²) in [5.41, 5.74) is 1.74. The molecule has 0 unspecified atom stereocenters. The lowest BCUT2D eigenvalue weighted by molar-refractivity contribution is 0.468.